The molecule has 0 amide bonds. The molecule has 0 bridgehead atoms. The molecule has 4 nitrogen and oxygen atoms in total. The Labute approximate surface area is 102 Å². The van der Waals surface area contributed by atoms with Crippen LogP contribution in [0.2, 0.25) is 0 Å². The fourth-order valence-electron chi connectivity index (χ4n) is 1.03. The van der Waals surface area contributed by atoms with Crippen LogP contribution in [-0.4, -0.2) is 19.2 Å². The van der Waals surface area contributed by atoms with Crippen LogP contribution in [0.1, 0.15) is 20.8 Å². The SMILES string of the molecule is C=C(/C=C/C(C)=C(\C#N)C(=O)OCC)OCC. The van der Waals surface area contributed by atoms with Crippen LogP contribution in [0.3, 0.4) is 0 Å². The molecule has 0 aromatic carbocycles. The number of hydrogen-bond acceptors (Lipinski definition) is 4. The number of esters is 1. The van der Waals surface area contributed by atoms with E-state index >= 15 is 0 Å². The molecule has 0 rings (SSSR count). The van der Waals surface area contributed by atoms with Crippen molar-refractivity contribution in [1.29, 1.82) is 5.26 Å². The number of carbonyl (C=O) groups is 1. The molecule has 4 heteroatoms. The lowest BCUT2D eigenvalue weighted by molar-refractivity contribution is -0.138. The van der Waals surface area contributed by atoms with E-state index in [4.69, 9.17) is 14.7 Å². The normalized spacial score (nSPS) is 11.6. The quantitative estimate of drug-likeness (QED) is 0.233. The van der Waals surface area contributed by atoms with Crippen molar-refractivity contribution >= 4 is 5.97 Å². The molecule has 92 valence electrons. The van der Waals surface area contributed by atoms with Crippen LogP contribution in [0.15, 0.2) is 35.6 Å². The number of rotatable bonds is 6. The number of allylic oxidation sites excluding steroid dienone is 3. The molecule has 0 fully saturated rings. The number of carbonyl (C=O) groups excluding carboxylic acids is 1. The molecule has 0 aliphatic rings. The predicted octanol–water partition coefficient (Wildman–Crippen LogP) is 2.50. The molecule has 0 saturated heterocycles. The highest BCUT2D eigenvalue weighted by atomic mass is 16.5. The molecule has 0 saturated carbocycles. The van der Waals surface area contributed by atoms with Gasteiger partial charge in [-0.2, -0.15) is 5.26 Å². The largest absolute Gasteiger partial charge is 0.495 e. The lowest BCUT2D eigenvalue weighted by atomic mass is 10.1. The van der Waals surface area contributed by atoms with Gasteiger partial charge >= 0.3 is 5.97 Å². The molecule has 0 atom stereocenters. The second-order valence-corrected chi connectivity index (χ2v) is 3.12. The van der Waals surface area contributed by atoms with Gasteiger partial charge in [-0.3, -0.25) is 0 Å². The molecule has 0 radical (unpaired) electrons. The molecule has 0 aromatic heterocycles. The Kier molecular flexibility index (Phi) is 7.20. The summed E-state index contributed by atoms with van der Waals surface area (Å²) in [4.78, 5) is 11.4. The maximum Gasteiger partial charge on any atom is 0.349 e. The third-order valence-corrected chi connectivity index (χ3v) is 1.83. The molecular formula is C13H17NO3. The Morgan fingerprint density at radius 3 is 2.35 bits per heavy atom. The van der Waals surface area contributed by atoms with Crippen LogP contribution in [-0.2, 0) is 14.3 Å². The summed E-state index contributed by atoms with van der Waals surface area (Å²) >= 11 is 0. The molecule has 0 aromatic rings. The topological polar surface area (TPSA) is 59.3 Å². The molecular weight excluding hydrogens is 218 g/mol. The lowest BCUT2D eigenvalue weighted by Crippen LogP contribution is -2.07. The lowest BCUT2D eigenvalue weighted by Gasteiger charge is -2.03. The molecule has 0 aliphatic carbocycles. The zero-order chi connectivity index (χ0) is 13.3. The van der Waals surface area contributed by atoms with Crippen molar-refractivity contribution in [3.8, 4) is 6.07 Å². The van der Waals surface area contributed by atoms with E-state index in [1.807, 2.05) is 13.0 Å². The standard InChI is InChI=1S/C13H17NO3/c1-5-16-11(4)8-7-10(3)12(9-14)13(15)17-6-2/h7-8H,4-6H2,1-3H3/b8-7+,12-10+. The maximum atomic E-state index is 11.4. The first-order valence-corrected chi connectivity index (χ1v) is 5.34. The Bertz CT molecular complexity index is 386. The van der Waals surface area contributed by atoms with Gasteiger partial charge in [0.2, 0.25) is 0 Å². The zero-order valence-electron chi connectivity index (χ0n) is 10.4. The summed E-state index contributed by atoms with van der Waals surface area (Å²) in [6.45, 7) is 9.61. The monoisotopic (exact) mass is 235 g/mol. The van der Waals surface area contributed by atoms with Crippen molar-refractivity contribution in [2.45, 2.75) is 20.8 Å². The van der Waals surface area contributed by atoms with E-state index < -0.39 is 5.97 Å². The van der Waals surface area contributed by atoms with Gasteiger partial charge in [-0.15, -0.1) is 0 Å². The summed E-state index contributed by atoms with van der Waals surface area (Å²) in [6, 6.07) is 1.83. The average Bonchev–Trinajstić information content (AvgIpc) is 2.28. The maximum absolute atomic E-state index is 11.4. The minimum atomic E-state index is -0.612. The highest BCUT2D eigenvalue weighted by Gasteiger charge is 2.11. The Balaban J connectivity index is 4.83. The summed E-state index contributed by atoms with van der Waals surface area (Å²) in [5, 5.41) is 8.87. The van der Waals surface area contributed by atoms with Crippen molar-refractivity contribution in [1.82, 2.24) is 0 Å². The van der Waals surface area contributed by atoms with Gasteiger partial charge in [-0.1, -0.05) is 12.7 Å². The van der Waals surface area contributed by atoms with E-state index in [9.17, 15) is 4.79 Å². The third-order valence-electron chi connectivity index (χ3n) is 1.83. The van der Waals surface area contributed by atoms with Crippen molar-refractivity contribution < 1.29 is 14.3 Å². The molecule has 0 spiro atoms. The summed E-state index contributed by atoms with van der Waals surface area (Å²) < 4.78 is 9.87. The van der Waals surface area contributed by atoms with Crippen LogP contribution >= 0.6 is 0 Å². The van der Waals surface area contributed by atoms with Gasteiger partial charge in [0.25, 0.3) is 0 Å². The minimum Gasteiger partial charge on any atom is -0.495 e. The van der Waals surface area contributed by atoms with E-state index in [1.165, 1.54) is 0 Å². The predicted molar refractivity (Wildman–Crippen MR) is 64.9 cm³/mol. The highest BCUT2D eigenvalue weighted by Crippen LogP contribution is 2.09. The van der Waals surface area contributed by atoms with Gasteiger partial charge in [0.1, 0.15) is 17.4 Å². The van der Waals surface area contributed by atoms with Gasteiger partial charge in [0.05, 0.1) is 13.2 Å². The van der Waals surface area contributed by atoms with E-state index in [2.05, 4.69) is 6.58 Å². The van der Waals surface area contributed by atoms with Crippen LogP contribution in [0.25, 0.3) is 0 Å². The number of nitriles is 1. The Morgan fingerprint density at radius 1 is 1.29 bits per heavy atom. The molecule has 17 heavy (non-hydrogen) atoms. The molecule has 0 unspecified atom stereocenters. The second-order valence-electron chi connectivity index (χ2n) is 3.12. The van der Waals surface area contributed by atoms with E-state index in [-0.39, 0.29) is 12.2 Å². The van der Waals surface area contributed by atoms with Crippen LogP contribution in [0, 0.1) is 11.3 Å². The summed E-state index contributed by atoms with van der Waals surface area (Å²) in [5.74, 6) is -0.132. The second kappa shape index (κ2) is 8.17. The van der Waals surface area contributed by atoms with Crippen molar-refractivity contribution in [3.05, 3.63) is 35.6 Å². The number of nitrogens with zero attached hydrogens (tertiary/aromatic N) is 1. The molecule has 0 aliphatic heterocycles. The van der Waals surface area contributed by atoms with Crippen LogP contribution in [0.5, 0.6) is 0 Å². The van der Waals surface area contributed by atoms with Crippen LogP contribution < -0.4 is 0 Å². The van der Waals surface area contributed by atoms with Crippen molar-refractivity contribution in [3.63, 3.8) is 0 Å². The fourth-order valence-corrected chi connectivity index (χ4v) is 1.03. The van der Waals surface area contributed by atoms with Gasteiger partial charge in [0, 0.05) is 0 Å². The fraction of sp³-hybridized carbons (Fsp3) is 0.385. The highest BCUT2D eigenvalue weighted by molar-refractivity contribution is 5.94. The molecule has 0 heterocycles. The van der Waals surface area contributed by atoms with Crippen molar-refractivity contribution in [2.24, 2.45) is 0 Å². The Hall–Kier alpha value is -2.02. The zero-order valence-corrected chi connectivity index (χ0v) is 10.4. The van der Waals surface area contributed by atoms with E-state index in [1.54, 1.807) is 26.0 Å². The van der Waals surface area contributed by atoms with Crippen LogP contribution in [0.4, 0.5) is 0 Å². The van der Waals surface area contributed by atoms with Crippen molar-refractivity contribution in [2.75, 3.05) is 13.2 Å². The van der Waals surface area contributed by atoms with Gasteiger partial charge in [0.15, 0.2) is 0 Å². The number of hydrogen-bond donors (Lipinski definition) is 0. The summed E-state index contributed by atoms with van der Waals surface area (Å²) in [7, 11) is 0. The summed E-state index contributed by atoms with van der Waals surface area (Å²) in [6.07, 6.45) is 3.21. The number of ether oxygens (including phenoxy) is 2. The first kappa shape index (κ1) is 15.0. The van der Waals surface area contributed by atoms with Gasteiger partial charge in [-0.05, 0) is 32.4 Å². The van der Waals surface area contributed by atoms with E-state index in [0.717, 1.165) is 0 Å². The smallest absolute Gasteiger partial charge is 0.349 e. The first-order chi connectivity index (χ1) is 8.06. The minimum absolute atomic E-state index is 0.00704. The summed E-state index contributed by atoms with van der Waals surface area (Å²) in [5.41, 5.74) is 0.513. The van der Waals surface area contributed by atoms with E-state index in [0.29, 0.717) is 17.9 Å². The Morgan fingerprint density at radius 2 is 1.88 bits per heavy atom. The third kappa shape index (κ3) is 5.57. The first-order valence-electron chi connectivity index (χ1n) is 5.34. The molecule has 0 N–H and O–H groups in total. The van der Waals surface area contributed by atoms with Gasteiger partial charge in [-0.25, -0.2) is 4.79 Å². The average molecular weight is 235 g/mol. The van der Waals surface area contributed by atoms with Gasteiger partial charge < -0.3 is 9.47 Å².